The molecule has 1 aliphatic rings. The Morgan fingerprint density at radius 1 is 1.12 bits per heavy atom. The van der Waals surface area contributed by atoms with Gasteiger partial charge in [0, 0.05) is 6.54 Å². The fraction of sp³-hybridized carbons (Fsp3) is 0.238. The molecule has 0 aromatic heterocycles. The van der Waals surface area contributed by atoms with Crippen molar-refractivity contribution in [3.05, 3.63) is 70.6 Å². The maximum atomic E-state index is 12.9. The van der Waals surface area contributed by atoms with Gasteiger partial charge in [0.1, 0.15) is 0 Å². The third kappa shape index (κ3) is 4.42. The molecule has 0 aliphatic carbocycles. The summed E-state index contributed by atoms with van der Waals surface area (Å²) in [6.45, 7) is 2.80. The Balaban J connectivity index is 1.89. The first kappa shape index (κ1) is 18.4. The molecule has 1 heterocycles. The first-order valence-corrected chi connectivity index (χ1v) is 9.58. The second kappa shape index (κ2) is 8.83. The Morgan fingerprint density at radius 2 is 1.85 bits per heavy atom. The normalized spacial score (nSPS) is 17.5. The fourth-order valence-electron chi connectivity index (χ4n) is 2.59. The van der Waals surface area contributed by atoms with Gasteiger partial charge in [-0.3, -0.25) is 9.69 Å². The molecule has 0 radical (unpaired) electrons. The molecule has 0 spiro atoms. The molecule has 3 rings (SSSR count). The van der Waals surface area contributed by atoms with Crippen molar-refractivity contribution in [2.24, 2.45) is 4.99 Å². The van der Waals surface area contributed by atoms with Crippen LogP contribution in [0, 0.1) is 0 Å². The number of benzene rings is 2. The summed E-state index contributed by atoms with van der Waals surface area (Å²) in [5.41, 5.74) is 2.64. The van der Waals surface area contributed by atoms with Crippen molar-refractivity contribution in [1.29, 1.82) is 0 Å². The van der Waals surface area contributed by atoms with E-state index in [-0.39, 0.29) is 12.5 Å². The van der Waals surface area contributed by atoms with Gasteiger partial charge in [-0.25, -0.2) is 4.99 Å². The summed E-state index contributed by atoms with van der Waals surface area (Å²) in [6, 6.07) is 17.3. The molecule has 0 saturated carbocycles. The Bertz CT molecular complexity index is 814. The Morgan fingerprint density at radius 3 is 2.50 bits per heavy atom. The molecule has 1 amide bonds. The number of aliphatic hydroxyl groups is 1. The predicted octanol–water partition coefficient (Wildman–Crippen LogP) is 4.58. The predicted molar refractivity (Wildman–Crippen MR) is 108 cm³/mol. The number of hydrogen-bond acceptors (Lipinski definition) is 4. The van der Waals surface area contributed by atoms with Crippen LogP contribution in [0.15, 0.2) is 64.5 Å². The minimum Gasteiger partial charge on any atom is -0.392 e. The van der Waals surface area contributed by atoms with Gasteiger partial charge in [-0.1, -0.05) is 55.8 Å². The number of nitrogens with zero attached hydrogens (tertiary/aromatic N) is 2. The van der Waals surface area contributed by atoms with E-state index in [1.165, 1.54) is 11.8 Å². The van der Waals surface area contributed by atoms with E-state index in [2.05, 4.69) is 11.9 Å². The molecule has 2 aromatic carbocycles. The number of carbonyl (C=O) groups excluding carboxylic acids is 1. The third-order valence-electron chi connectivity index (χ3n) is 4.06. The van der Waals surface area contributed by atoms with Crippen LogP contribution in [0.5, 0.6) is 0 Å². The van der Waals surface area contributed by atoms with Crippen LogP contribution in [0.25, 0.3) is 6.08 Å². The van der Waals surface area contributed by atoms with Crippen LogP contribution in [0.4, 0.5) is 5.69 Å². The van der Waals surface area contributed by atoms with Gasteiger partial charge in [0.25, 0.3) is 5.91 Å². The highest BCUT2D eigenvalue weighted by Crippen LogP contribution is 2.34. The lowest BCUT2D eigenvalue weighted by atomic mass is 10.1. The summed E-state index contributed by atoms with van der Waals surface area (Å²) in [6.07, 6.45) is 3.86. The lowest BCUT2D eigenvalue weighted by Crippen LogP contribution is -2.30. The zero-order valence-corrected chi connectivity index (χ0v) is 15.6. The van der Waals surface area contributed by atoms with Crippen LogP contribution >= 0.6 is 11.8 Å². The summed E-state index contributed by atoms with van der Waals surface area (Å²) in [5, 5.41) is 9.88. The standard InChI is InChI=1S/C21H22N2O2S/c1-2-3-13-23-20(25)19(14-16-9-11-17(15-24)12-10-16)26-21(23)22-18-7-5-4-6-8-18/h4-12,14,24H,2-3,13,15H2,1H3/b19-14-,22-21?. The zero-order chi connectivity index (χ0) is 18.4. The number of thioether (sulfide) groups is 1. The molecule has 134 valence electrons. The zero-order valence-electron chi connectivity index (χ0n) is 14.8. The van der Waals surface area contributed by atoms with Gasteiger partial charge in [0.05, 0.1) is 17.2 Å². The van der Waals surface area contributed by atoms with Crippen LogP contribution in [0.2, 0.25) is 0 Å². The first-order valence-electron chi connectivity index (χ1n) is 8.76. The van der Waals surface area contributed by atoms with Crippen LogP contribution in [0.3, 0.4) is 0 Å². The van der Waals surface area contributed by atoms with E-state index in [1.54, 1.807) is 4.90 Å². The van der Waals surface area contributed by atoms with E-state index in [0.717, 1.165) is 34.8 Å². The van der Waals surface area contributed by atoms with Crippen LogP contribution < -0.4 is 0 Å². The Kier molecular flexibility index (Phi) is 6.26. The van der Waals surface area contributed by atoms with E-state index < -0.39 is 0 Å². The second-order valence-electron chi connectivity index (χ2n) is 6.05. The van der Waals surface area contributed by atoms with Crippen LogP contribution in [-0.4, -0.2) is 27.6 Å². The SMILES string of the molecule is CCCCN1C(=O)/C(=C/c2ccc(CO)cc2)SC1=Nc1ccccc1. The van der Waals surface area contributed by atoms with Gasteiger partial charge in [-0.15, -0.1) is 0 Å². The number of hydrogen-bond donors (Lipinski definition) is 1. The number of carbonyl (C=O) groups is 1. The van der Waals surface area contributed by atoms with Gasteiger partial charge >= 0.3 is 0 Å². The molecular formula is C21H22N2O2S. The maximum absolute atomic E-state index is 12.9. The Hall–Kier alpha value is -2.37. The summed E-state index contributed by atoms with van der Waals surface area (Å²) < 4.78 is 0. The summed E-state index contributed by atoms with van der Waals surface area (Å²) in [7, 11) is 0. The minimum absolute atomic E-state index is 0.00404. The number of unbranched alkanes of at least 4 members (excludes halogenated alkanes) is 1. The lowest BCUT2D eigenvalue weighted by molar-refractivity contribution is -0.122. The maximum Gasteiger partial charge on any atom is 0.266 e. The van der Waals surface area contributed by atoms with Crippen molar-refractivity contribution in [3.8, 4) is 0 Å². The van der Waals surface area contributed by atoms with Crippen LogP contribution in [0.1, 0.15) is 30.9 Å². The van der Waals surface area contributed by atoms with E-state index in [9.17, 15) is 4.79 Å². The minimum atomic E-state index is 0.00404. The summed E-state index contributed by atoms with van der Waals surface area (Å²) in [5.74, 6) is 0.00404. The van der Waals surface area contributed by atoms with Crippen LogP contribution in [-0.2, 0) is 11.4 Å². The van der Waals surface area contributed by atoms with Crippen molar-refractivity contribution in [3.63, 3.8) is 0 Å². The number of amides is 1. The highest BCUT2D eigenvalue weighted by molar-refractivity contribution is 8.18. The highest BCUT2D eigenvalue weighted by Gasteiger charge is 2.32. The smallest absolute Gasteiger partial charge is 0.266 e. The van der Waals surface area contributed by atoms with Crippen molar-refractivity contribution >= 4 is 34.6 Å². The summed E-state index contributed by atoms with van der Waals surface area (Å²) in [4.78, 5) is 20.0. The summed E-state index contributed by atoms with van der Waals surface area (Å²) >= 11 is 1.42. The first-order chi connectivity index (χ1) is 12.7. The van der Waals surface area contributed by atoms with Crippen molar-refractivity contribution < 1.29 is 9.90 Å². The average molecular weight is 366 g/mol. The molecule has 4 nitrogen and oxygen atoms in total. The Labute approximate surface area is 158 Å². The molecule has 0 unspecified atom stereocenters. The van der Waals surface area contributed by atoms with Gasteiger partial charge < -0.3 is 5.11 Å². The second-order valence-corrected chi connectivity index (χ2v) is 7.06. The van der Waals surface area contributed by atoms with E-state index >= 15 is 0 Å². The molecule has 5 heteroatoms. The fourth-order valence-corrected chi connectivity index (χ4v) is 3.61. The third-order valence-corrected chi connectivity index (χ3v) is 5.07. The van der Waals surface area contributed by atoms with E-state index in [1.807, 2.05) is 60.7 Å². The van der Waals surface area contributed by atoms with E-state index in [0.29, 0.717) is 11.4 Å². The molecule has 2 aromatic rings. The molecule has 1 N–H and O–H groups in total. The largest absolute Gasteiger partial charge is 0.392 e. The quantitative estimate of drug-likeness (QED) is 0.761. The molecule has 0 atom stereocenters. The highest BCUT2D eigenvalue weighted by atomic mass is 32.2. The molecule has 26 heavy (non-hydrogen) atoms. The van der Waals surface area contributed by atoms with Gasteiger partial charge in [0.15, 0.2) is 5.17 Å². The number of amidine groups is 1. The van der Waals surface area contributed by atoms with Crippen molar-refractivity contribution in [2.75, 3.05) is 6.54 Å². The van der Waals surface area contributed by atoms with E-state index in [4.69, 9.17) is 5.11 Å². The van der Waals surface area contributed by atoms with Gasteiger partial charge in [0.2, 0.25) is 0 Å². The number of aliphatic hydroxyl groups excluding tert-OH is 1. The topological polar surface area (TPSA) is 52.9 Å². The molecular weight excluding hydrogens is 344 g/mol. The van der Waals surface area contributed by atoms with Crippen molar-refractivity contribution in [1.82, 2.24) is 4.90 Å². The molecule has 1 saturated heterocycles. The average Bonchev–Trinajstić information content (AvgIpc) is 2.96. The number of para-hydroxylation sites is 1. The van der Waals surface area contributed by atoms with Crippen molar-refractivity contribution in [2.45, 2.75) is 26.4 Å². The van der Waals surface area contributed by atoms with Gasteiger partial charge in [-0.2, -0.15) is 0 Å². The number of aliphatic imine (C=N–C) groups is 1. The molecule has 0 bridgehead atoms. The monoisotopic (exact) mass is 366 g/mol. The number of rotatable bonds is 6. The molecule has 1 aliphatic heterocycles. The lowest BCUT2D eigenvalue weighted by Gasteiger charge is -2.14. The molecule has 1 fully saturated rings. The van der Waals surface area contributed by atoms with Gasteiger partial charge in [-0.05, 0) is 47.5 Å².